The average Bonchev–Trinajstić information content (AvgIpc) is 3.34. The van der Waals surface area contributed by atoms with Crippen molar-refractivity contribution in [2.45, 2.75) is 32.1 Å². The van der Waals surface area contributed by atoms with Crippen LogP contribution in [-0.2, 0) is 6.42 Å². The second-order valence-electron chi connectivity index (χ2n) is 8.65. The topological polar surface area (TPSA) is 64.3 Å². The Kier molecular flexibility index (Phi) is 6.05. The molecular formula is C26H27FN4O2. The van der Waals surface area contributed by atoms with Gasteiger partial charge in [-0.3, -0.25) is 4.98 Å². The van der Waals surface area contributed by atoms with Gasteiger partial charge in [0.1, 0.15) is 5.82 Å². The molecule has 0 radical (unpaired) electrons. The molecule has 0 spiro atoms. The minimum atomic E-state index is -0.315. The third-order valence-corrected chi connectivity index (χ3v) is 6.50. The molecule has 0 N–H and O–H groups in total. The summed E-state index contributed by atoms with van der Waals surface area (Å²) in [5, 5.41) is 4.35. The highest BCUT2D eigenvalue weighted by Crippen LogP contribution is 2.31. The van der Waals surface area contributed by atoms with Gasteiger partial charge in [0.15, 0.2) is 5.76 Å². The Morgan fingerprint density at radius 3 is 2.67 bits per heavy atom. The van der Waals surface area contributed by atoms with Crippen LogP contribution in [0.1, 0.15) is 35.6 Å². The molecule has 4 heterocycles. The minimum Gasteiger partial charge on any atom is -0.481 e. The predicted molar refractivity (Wildman–Crippen MR) is 125 cm³/mol. The number of fused-ring (bicyclic) bond motifs is 1. The fourth-order valence-electron chi connectivity index (χ4n) is 4.49. The summed E-state index contributed by atoms with van der Waals surface area (Å²) in [4.78, 5) is 11.0. The van der Waals surface area contributed by atoms with E-state index in [-0.39, 0.29) is 5.82 Å². The first-order chi connectivity index (χ1) is 16.1. The maximum absolute atomic E-state index is 14.6. The second kappa shape index (κ2) is 9.27. The number of piperidine rings is 1. The van der Waals surface area contributed by atoms with Crippen molar-refractivity contribution in [3.05, 3.63) is 71.3 Å². The van der Waals surface area contributed by atoms with Gasteiger partial charge in [0.05, 0.1) is 30.0 Å². The van der Waals surface area contributed by atoms with E-state index >= 15 is 0 Å². The van der Waals surface area contributed by atoms with E-state index in [4.69, 9.17) is 9.26 Å². The van der Waals surface area contributed by atoms with Crippen LogP contribution in [0.5, 0.6) is 5.88 Å². The van der Waals surface area contributed by atoms with E-state index in [1.54, 1.807) is 13.2 Å². The lowest BCUT2D eigenvalue weighted by Gasteiger charge is -2.31. The number of rotatable bonds is 6. The van der Waals surface area contributed by atoms with E-state index in [9.17, 15) is 4.39 Å². The fraction of sp³-hybridized carbons (Fsp3) is 0.346. The molecule has 4 aromatic rings. The summed E-state index contributed by atoms with van der Waals surface area (Å²) in [7, 11) is 1.56. The summed E-state index contributed by atoms with van der Waals surface area (Å²) >= 11 is 0. The molecule has 0 unspecified atom stereocenters. The van der Waals surface area contributed by atoms with Crippen molar-refractivity contribution in [3.63, 3.8) is 0 Å². The normalized spacial score (nSPS) is 15.2. The standard InChI is InChI=1S/C26H27FN4O2/c1-17-3-5-19(6-4-17)24-15-23(30-33-24)18-9-12-31(13-10-18)14-11-20-21(27)16-28-22-7-8-25(32-2)29-26(20)22/h3-8,15-16,18H,9-14H2,1-2H3. The van der Waals surface area contributed by atoms with Crippen LogP contribution in [-0.4, -0.2) is 46.8 Å². The summed E-state index contributed by atoms with van der Waals surface area (Å²) in [6.07, 6.45) is 3.88. The molecule has 1 aliphatic heterocycles. The number of aryl methyl sites for hydroxylation is 1. The summed E-state index contributed by atoms with van der Waals surface area (Å²) < 4.78 is 25.4. The molecule has 0 aliphatic carbocycles. The number of nitrogens with zero attached hydrogens (tertiary/aromatic N) is 4. The third kappa shape index (κ3) is 4.59. The molecule has 5 rings (SSSR count). The monoisotopic (exact) mass is 446 g/mol. The number of aromatic nitrogens is 3. The van der Waals surface area contributed by atoms with Crippen LogP contribution < -0.4 is 4.74 Å². The van der Waals surface area contributed by atoms with Gasteiger partial charge >= 0.3 is 0 Å². The van der Waals surface area contributed by atoms with Crippen molar-refractivity contribution in [1.82, 2.24) is 20.0 Å². The first-order valence-electron chi connectivity index (χ1n) is 11.3. The van der Waals surface area contributed by atoms with E-state index < -0.39 is 0 Å². The zero-order chi connectivity index (χ0) is 22.8. The number of pyridine rings is 2. The van der Waals surface area contributed by atoms with Gasteiger partial charge in [0.2, 0.25) is 5.88 Å². The van der Waals surface area contributed by atoms with Crippen LogP contribution in [0.25, 0.3) is 22.4 Å². The van der Waals surface area contributed by atoms with Crippen LogP contribution >= 0.6 is 0 Å². The first kappa shape index (κ1) is 21.5. The van der Waals surface area contributed by atoms with Gasteiger partial charge < -0.3 is 14.2 Å². The molecule has 7 heteroatoms. The quantitative estimate of drug-likeness (QED) is 0.408. The summed E-state index contributed by atoms with van der Waals surface area (Å²) in [5.74, 6) is 1.35. The van der Waals surface area contributed by atoms with Crippen molar-refractivity contribution in [1.29, 1.82) is 0 Å². The smallest absolute Gasteiger partial charge is 0.213 e. The number of likely N-dealkylation sites (tertiary alicyclic amines) is 1. The zero-order valence-electron chi connectivity index (χ0n) is 18.9. The summed E-state index contributed by atoms with van der Waals surface area (Å²) in [6, 6.07) is 13.9. The van der Waals surface area contributed by atoms with E-state index in [1.807, 2.05) is 6.07 Å². The van der Waals surface area contributed by atoms with Crippen molar-refractivity contribution in [3.8, 4) is 17.2 Å². The molecule has 1 saturated heterocycles. The number of hydrogen-bond donors (Lipinski definition) is 0. The molecule has 0 saturated carbocycles. The lowest BCUT2D eigenvalue weighted by atomic mass is 9.93. The summed E-state index contributed by atoms with van der Waals surface area (Å²) in [5.41, 5.74) is 5.15. The van der Waals surface area contributed by atoms with E-state index in [0.29, 0.717) is 34.8 Å². The van der Waals surface area contributed by atoms with E-state index in [2.05, 4.69) is 57.3 Å². The van der Waals surface area contributed by atoms with Crippen molar-refractivity contribution in [2.24, 2.45) is 0 Å². The van der Waals surface area contributed by atoms with Crippen molar-refractivity contribution in [2.75, 3.05) is 26.7 Å². The van der Waals surface area contributed by atoms with Gasteiger partial charge in [-0.05, 0) is 45.3 Å². The third-order valence-electron chi connectivity index (χ3n) is 6.50. The van der Waals surface area contributed by atoms with E-state index in [0.717, 1.165) is 49.5 Å². The number of ether oxygens (including phenoxy) is 1. The highest BCUT2D eigenvalue weighted by Gasteiger charge is 2.24. The maximum atomic E-state index is 14.6. The molecular weight excluding hydrogens is 419 g/mol. The lowest BCUT2D eigenvalue weighted by molar-refractivity contribution is 0.210. The van der Waals surface area contributed by atoms with Gasteiger partial charge in [-0.1, -0.05) is 35.0 Å². The van der Waals surface area contributed by atoms with Crippen LogP contribution in [0.15, 0.2) is 53.2 Å². The number of methoxy groups -OCH3 is 1. The van der Waals surface area contributed by atoms with Crippen LogP contribution in [0.2, 0.25) is 0 Å². The van der Waals surface area contributed by atoms with Crippen LogP contribution in [0.4, 0.5) is 4.39 Å². The van der Waals surface area contributed by atoms with Gasteiger partial charge in [-0.2, -0.15) is 0 Å². The molecule has 3 aromatic heterocycles. The number of benzene rings is 1. The van der Waals surface area contributed by atoms with Crippen LogP contribution in [0.3, 0.4) is 0 Å². The second-order valence-corrected chi connectivity index (χ2v) is 8.65. The molecule has 1 aromatic carbocycles. The van der Waals surface area contributed by atoms with Crippen molar-refractivity contribution < 1.29 is 13.7 Å². The first-order valence-corrected chi connectivity index (χ1v) is 11.3. The lowest BCUT2D eigenvalue weighted by Crippen LogP contribution is -2.34. The summed E-state index contributed by atoms with van der Waals surface area (Å²) in [6.45, 7) is 4.73. The van der Waals surface area contributed by atoms with Crippen molar-refractivity contribution >= 4 is 11.0 Å². The SMILES string of the molecule is COc1ccc2ncc(F)c(CCN3CCC(c4cc(-c5ccc(C)cc5)on4)CC3)c2n1. The molecule has 0 atom stereocenters. The molecule has 6 nitrogen and oxygen atoms in total. The molecule has 1 aliphatic rings. The molecule has 1 fully saturated rings. The predicted octanol–water partition coefficient (Wildman–Crippen LogP) is 5.16. The molecule has 0 bridgehead atoms. The Hall–Kier alpha value is -3.32. The van der Waals surface area contributed by atoms with Gasteiger partial charge in [-0.25, -0.2) is 9.37 Å². The minimum absolute atomic E-state index is 0.315. The molecule has 33 heavy (non-hydrogen) atoms. The molecule has 170 valence electrons. The molecule has 0 amide bonds. The van der Waals surface area contributed by atoms with Crippen LogP contribution in [0, 0.1) is 12.7 Å². The zero-order valence-corrected chi connectivity index (χ0v) is 18.9. The number of hydrogen-bond acceptors (Lipinski definition) is 6. The van der Waals surface area contributed by atoms with Gasteiger partial charge in [0.25, 0.3) is 0 Å². The maximum Gasteiger partial charge on any atom is 0.213 e. The highest BCUT2D eigenvalue weighted by atomic mass is 19.1. The Morgan fingerprint density at radius 2 is 1.91 bits per heavy atom. The fourth-order valence-corrected chi connectivity index (χ4v) is 4.49. The van der Waals surface area contributed by atoms with Gasteiger partial charge in [0, 0.05) is 35.7 Å². The van der Waals surface area contributed by atoms with Gasteiger partial charge in [-0.15, -0.1) is 0 Å². The Balaban J connectivity index is 1.21. The average molecular weight is 447 g/mol. The Labute approximate surface area is 192 Å². The van der Waals surface area contributed by atoms with E-state index in [1.165, 1.54) is 11.8 Å². The Morgan fingerprint density at radius 1 is 1.12 bits per heavy atom. The number of halogens is 1. The highest BCUT2D eigenvalue weighted by molar-refractivity contribution is 5.78. The largest absolute Gasteiger partial charge is 0.481 e. The Bertz CT molecular complexity index is 1250.